The van der Waals surface area contributed by atoms with Crippen LogP contribution in [0, 0.1) is 0 Å². The van der Waals surface area contributed by atoms with Gasteiger partial charge in [-0.15, -0.1) is 0 Å². The number of aliphatic carboxylic acids is 1. The summed E-state index contributed by atoms with van der Waals surface area (Å²) >= 11 is 9.13. The Morgan fingerprint density at radius 3 is 3.04 bits per heavy atom. The molecule has 3 N–H and O–H groups in total. The topological polar surface area (TPSA) is 77.1 Å². The molecule has 0 amide bonds. The number of allylic oxidation sites excluding steroid dienone is 1. The minimum Gasteiger partial charge on any atom is -0.487 e. The van der Waals surface area contributed by atoms with Crippen LogP contribution >= 0.6 is 27.7 Å². The van der Waals surface area contributed by atoms with Crippen molar-refractivity contribution < 1.29 is 19.0 Å². The van der Waals surface area contributed by atoms with Gasteiger partial charge in [-0.05, 0) is 12.5 Å². The number of nitrogens with one attached hydrogen (secondary N) is 2. The Morgan fingerprint density at radius 1 is 1.50 bits per heavy atom. The van der Waals surface area contributed by atoms with E-state index in [0.717, 1.165) is 9.50 Å². The van der Waals surface area contributed by atoms with Gasteiger partial charge in [0.1, 0.15) is 29.4 Å². The first-order valence-corrected chi connectivity index (χ1v) is 8.34. The maximum absolute atomic E-state index is 14.6. The average molecular weight is 420 g/mol. The first-order valence-electron chi connectivity index (χ1n) is 7.26. The fourth-order valence-corrected chi connectivity index (χ4v) is 3.73. The Labute approximate surface area is 150 Å². The smallest absolute Gasteiger partial charge is 0.335 e. The van der Waals surface area contributed by atoms with E-state index < -0.39 is 24.3 Å². The number of carboxylic acid groups (broad SMARTS) is 1. The molecule has 0 aromatic heterocycles. The number of fused-ring (bicyclic) bond motifs is 2. The van der Waals surface area contributed by atoms with E-state index in [4.69, 9.17) is 16.3 Å². The first-order chi connectivity index (χ1) is 11.5. The van der Waals surface area contributed by atoms with Crippen LogP contribution in [-0.2, 0) is 9.53 Å². The maximum Gasteiger partial charge on any atom is 0.335 e. The van der Waals surface area contributed by atoms with Crippen molar-refractivity contribution in [2.75, 3.05) is 6.61 Å². The first kappa shape index (κ1) is 15.9. The van der Waals surface area contributed by atoms with Crippen molar-refractivity contribution in [1.82, 2.24) is 19.5 Å². The number of ether oxygens (including phenoxy) is 1. The second-order valence-corrected chi connectivity index (χ2v) is 6.78. The summed E-state index contributed by atoms with van der Waals surface area (Å²) in [5.41, 5.74) is 1.09. The zero-order chi connectivity index (χ0) is 17.0. The second-order valence-electron chi connectivity index (χ2n) is 5.68. The Bertz CT molecular complexity index is 738. The number of carboxylic acids is 1. The normalized spacial score (nSPS) is 32.0. The molecule has 0 saturated carbocycles. The minimum atomic E-state index is -1.03. The summed E-state index contributed by atoms with van der Waals surface area (Å²) in [4.78, 5) is 13.1. The van der Waals surface area contributed by atoms with E-state index >= 15 is 0 Å². The molecule has 3 atom stereocenters. The van der Waals surface area contributed by atoms with Crippen LogP contribution < -0.4 is 10.6 Å². The van der Waals surface area contributed by atoms with Crippen LogP contribution in [0.25, 0.3) is 0 Å². The average Bonchev–Trinajstić information content (AvgIpc) is 2.72. The molecular weight excluding hydrogens is 407 g/mol. The molecule has 0 radical (unpaired) electrons. The summed E-state index contributed by atoms with van der Waals surface area (Å²) in [7, 11) is 0. The predicted molar refractivity (Wildman–Crippen MR) is 86.7 cm³/mol. The van der Waals surface area contributed by atoms with E-state index in [1.54, 1.807) is 11.1 Å². The number of carbonyl (C=O) groups is 1. The molecule has 1 saturated heterocycles. The summed E-state index contributed by atoms with van der Waals surface area (Å²) in [6, 6.07) is -0.214. The van der Waals surface area contributed by atoms with Crippen molar-refractivity contribution in [3.63, 3.8) is 0 Å². The fraction of sp³-hybridized carbons (Fsp3) is 0.357. The van der Waals surface area contributed by atoms with Gasteiger partial charge in [-0.1, -0.05) is 17.7 Å². The lowest BCUT2D eigenvalue weighted by atomic mass is 9.91. The molecule has 0 spiro atoms. The van der Waals surface area contributed by atoms with Crippen molar-refractivity contribution >= 4 is 33.7 Å². The third kappa shape index (κ3) is 2.34. The Balaban J connectivity index is 1.83. The third-order valence-corrected chi connectivity index (χ3v) is 5.50. The van der Waals surface area contributed by atoms with Crippen molar-refractivity contribution in [1.29, 1.82) is 0 Å². The summed E-state index contributed by atoms with van der Waals surface area (Å²) in [5, 5.41) is 15.5. The van der Waals surface area contributed by atoms with Crippen LogP contribution in [0.2, 0.25) is 0 Å². The van der Waals surface area contributed by atoms with E-state index in [9.17, 15) is 14.3 Å². The molecule has 1 fully saturated rings. The molecule has 128 valence electrons. The van der Waals surface area contributed by atoms with Crippen LogP contribution in [0.5, 0.6) is 0 Å². The lowest BCUT2D eigenvalue weighted by Crippen LogP contribution is -2.66. The zero-order valence-corrected chi connectivity index (χ0v) is 14.5. The fourth-order valence-electron chi connectivity index (χ4n) is 3.26. The van der Waals surface area contributed by atoms with Crippen LogP contribution in [0.3, 0.4) is 0 Å². The molecular formula is C14H13BrClFN4O3. The Morgan fingerprint density at radius 2 is 2.29 bits per heavy atom. The largest absolute Gasteiger partial charge is 0.487 e. The van der Waals surface area contributed by atoms with Crippen molar-refractivity contribution in [2.45, 2.75) is 24.8 Å². The Kier molecular flexibility index (Phi) is 3.83. The highest BCUT2D eigenvalue weighted by atomic mass is 79.9. The van der Waals surface area contributed by atoms with Crippen LogP contribution in [0.15, 0.2) is 46.5 Å². The second kappa shape index (κ2) is 5.76. The van der Waals surface area contributed by atoms with Gasteiger partial charge in [0.15, 0.2) is 6.17 Å². The standard InChI is InChI=1S/C14H13BrClFN4O3/c15-21-9(16)4-20-7(11(21)17)5-24-8-3-1-2-6-10(8)13(20)19-12(18-6)14(22)23/h1,3-4,6,12-13,18-19H,2,5H2,(H,22,23). The Hall–Kier alpha value is -1.55. The highest BCUT2D eigenvalue weighted by Gasteiger charge is 2.44. The minimum absolute atomic E-state index is 0.000410. The molecule has 1 aliphatic carbocycles. The molecule has 4 rings (SSSR count). The highest BCUT2D eigenvalue weighted by Crippen LogP contribution is 2.39. The predicted octanol–water partition coefficient (Wildman–Crippen LogP) is 1.63. The van der Waals surface area contributed by atoms with E-state index in [2.05, 4.69) is 26.8 Å². The molecule has 7 nitrogen and oxygen atoms in total. The number of rotatable bonds is 1. The number of nitrogens with zero attached hydrogens (tertiary/aromatic N) is 2. The van der Waals surface area contributed by atoms with Gasteiger partial charge in [0.25, 0.3) is 0 Å². The molecule has 0 aromatic carbocycles. The van der Waals surface area contributed by atoms with Crippen LogP contribution in [0.1, 0.15) is 6.42 Å². The third-order valence-electron chi connectivity index (χ3n) is 4.33. The number of hydrogen-bond acceptors (Lipinski definition) is 6. The molecule has 3 heterocycles. The molecule has 24 heavy (non-hydrogen) atoms. The van der Waals surface area contributed by atoms with Crippen LogP contribution in [-0.4, -0.2) is 44.9 Å². The van der Waals surface area contributed by atoms with Gasteiger partial charge in [-0.3, -0.25) is 10.6 Å². The van der Waals surface area contributed by atoms with Crippen LogP contribution in [0.4, 0.5) is 4.39 Å². The van der Waals surface area contributed by atoms with E-state index in [-0.39, 0.29) is 23.5 Å². The van der Waals surface area contributed by atoms with Crippen molar-refractivity contribution in [3.8, 4) is 0 Å². The highest BCUT2D eigenvalue weighted by molar-refractivity contribution is 9.07. The molecule has 0 aromatic rings. The maximum atomic E-state index is 14.6. The number of hydrogen-bond donors (Lipinski definition) is 3. The summed E-state index contributed by atoms with van der Waals surface area (Å²) < 4.78 is 21.4. The van der Waals surface area contributed by atoms with Crippen molar-refractivity contribution in [3.05, 3.63) is 46.5 Å². The lowest BCUT2D eigenvalue weighted by Gasteiger charge is -2.44. The molecule has 3 unspecified atom stereocenters. The summed E-state index contributed by atoms with van der Waals surface area (Å²) in [6.07, 6.45) is 4.38. The van der Waals surface area contributed by atoms with Gasteiger partial charge in [-0.2, -0.15) is 4.39 Å². The van der Waals surface area contributed by atoms with Gasteiger partial charge in [-0.25, -0.2) is 8.72 Å². The van der Waals surface area contributed by atoms with Gasteiger partial charge in [0, 0.05) is 17.8 Å². The van der Waals surface area contributed by atoms with E-state index in [0.29, 0.717) is 12.2 Å². The molecule has 10 heteroatoms. The van der Waals surface area contributed by atoms with Crippen molar-refractivity contribution in [2.24, 2.45) is 0 Å². The quantitative estimate of drug-likeness (QED) is 0.440. The zero-order valence-electron chi connectivity index (χ0n) is 12.2. The van der Waals surface area contributed by atoms with Gasteiger partial charge < -0.3 is 14.7 Å². The van der Waals surface area contributed by atoms with E-state index in [1.165, 1.54) is 0 Å². The van der Waals surface area contributed by atoms with Gasteiger partial charge >= 0.3 is 5.97 Å². The monoisotopic (exact) mass is 418 g/mol. The van der Waals surface area contributed by atoms with Gasteiger partial charge in [0.2, 0.25) is 5.95 Å². The van der Waals surface area contributed by atoms with E-state index in [1.807, 2.05) is 12.2 Å². The summed E-state index contributed by atoms with van der Waals surface area (Å²) in [6.45, 7) is 0.000410. The lowest BCUT2D eigenvalue weighted by molar-refractivity contribution is -0.141. The SMILES string of the molecule is O=C(O)C1NC2CC=CC3=C2C(N1)N1C=C(Cl)N(Br)C(F)=C1CO3. The molecule has 4 aliphatic rings. The van der Waals surface area contributed by atoms with Gasteiger partial charge in [0.05, 0.1) is 16.1 Å². The molecule has 0 bridgehead atoms. The summed E-state index contributed by atoms with van der Waals surface area (Å²) in [5.74, 6) is -1.02. The number of halogens is 3. The molecule has 3 aliphatic heterocycles.